The minimum atomic E-state index is -0.126. The molecule has 83 heavy (non-hydrogen) atoms. The molecule has 0 aliphatic carbocycles. The summed E-state index contributed by atoms with van der Waals surface area (Å²) >= 11 is 10.4. The van der Waals surface area contributed by atoms with Gasteiger partial charge in [0.05, 0.1) is 61.1 Å². The minimum absolute atomic E-state index is 0.126. The number of thiophene rings is 6. The van der Waals surface area contributed by atoms with Crippen molar-refractivity contribution >= 4 is 163 Å². The van der Waals surface area contributed by atoms with Crippen LogP contribution in [0.4, 0.5) is 0 Å². The van der Waals surface area contributed by atoms with Gasteiger partial charge in [-0.3, -0.25) is 28.3 Å². The van der Waals surface area contributed by atoms with Crippen LogP contribution in [0.5, 0.6) is 0 Å². The zero-order chi connectivity index (χ0) is 58.0. The predicted octanol–water partition coefficient (Wildman–Crippen LogP) is 14.8. The van der Waals surface area contributed by atoms with Crippen LogP contribution >= 0.6 is 68.0 Å². The van der Waals surface area contributed by atoms with E-state index in [0.717, 1.165) is 38.1 Å². The van der Waals surface area contributed by atoms with Gasteiger partial charge in [0.2, 0.25) is 5.71 Å². The SMILES string of the molecule is Cn1c(=O)[nH]c2ncccc21.Cn1cc2ccsc2n1.Cn1cc2sccc2n1.Cn1ccc2ccoc21.Cn1ccc2ccsc21.Cn1ccc2occc21.Cn1ccc2sccc21.Cn1ncc2ccsc21.Cn1ncc2sccc21. The first-order valence-corrected chi connectivity index (χ1v) is 30.9. The van der Waals surface area contributed by atoms with Gasteiger partial charge in [0.25, 0.3) is 0 Å². The van der Waals surface area contributed by atoms with E-state index in [4.69, 9.17) is 8.83 Å². The normalized spacial score (nSPS) is 10.8. The van der Waals surface area contributed by atoms with Crippen molar-refractivity contribution in [3.05, 3.63) is 196 Å². The van der Waals surface area contributed by atoms with Gasteiger partial charge >= 0.3 is 5.69 Å². The van der Waals surface area contributed by atoms with E-state index in [9.17, 15) is 4.79 Å². The molecule has 18 rings (SSSR count). The molecule has 0 unspecified atom stereocenters. The Morgan fingerprint density at radius 1 is 0.470 bits per heavy atom. The van der Waals surface area contributed by atoms with Crippen LogP contribution in [-0.4, -0.2) is 71.9 Å². The number of rotatable bonds is 0. The number of fused-ring (bicyclic) bond motifs is 9. The first-order chi connectivity index (χ1) is 40.3. The van der Waals surface area contributed by atoms with Crippen LogP contribution < -0.4 is 5.69 Å². The molecule has 0 spiro atoms. The molecule has 18 aromatic rings. The highest BCUT2D eigenvalue weighted by molar-refractivity contribution is 7.18. The Morgan fingerprint density at radius 2 is 1.12 bits per heavy atom. The number of aromatic nitrogens is 15. The largest absolute Gasteiger partial charge is 0.463 e. The van der Waals surface area contributed by atoms with Gasteiger partial charge in [0.15, 0.2) is 11.2 Å². The van der Waals surface area contributed by atoms with Gasteiger partial charge in [-0.1, -0.05) is 0 Å². The molecular formula is C59H59N15O3S6. The average Bonchev–Trinajstić information content (AvgIpc) is 4.31. The van der Waals surface area contributed by atoms with E-state index in [1.807, 2.05) is 144 Å². The second-order valence-corrected chi connectivity index (χ2v) is 24.1. The molecule has 0 radical (unpaired) electrons. The Morgan fingerprint density at radius 3 is 1.87 bits per heavy atom. The van der Waals surface area contributed by atoms with Gasteiger partial charge in [0.1, 0.15) is 20.0 Å². The first kappa shape index (κ1) is 57.5. The molecule has 0 atom stereocenters. The first-order valence-electron chi connectivity index (χ1n) is 25.7. The lowest BCUT2D eigenvalue weighted by Gasteiger charge is -1.88. The van der Waals surface area contributed by atoms with Crippen LogP contribution in [0.3, 0.4) is 0 Å². The summed E-state index contributed by atoms with van der Waals surface area (Å²) in [5.41, 5.74) is 8.04. The van der Waals surface area contributed by atoms with Gasteiger partial charge in [-0.15, -0.1) is 68.0 Å². The van der Waals surface area contributed by atoms with Crippen molar-refractivity contribution in [2.24, 2.45) is 63.4 Å². The van der Waals surface area contributed by atoms with Crippen LogP contribution in [0.1, 0.15) is 0 Å². The molecule has 0 amide bonds. The molecule has 1 N–H and O–H groups in total. The number of hydrogen-bond acceptors (Lipinski definition) is 14. The zero-order valence-electron chi connectivity index (χ0n) is 46.8. The maximum absolute atomic E-state index is 11.0. The fraction of sp³-hybridized carbons (Fsp3) is 0.153. The monoisotopic (exact) mass is 1220 g/mol. The molecule has 0 saturated carbocycles. The molecule has 0 fully saturated rings. The average molecular weight is 1220 g/mol. The van der Waals surface area contributed by atoms with E-state index in [1.54, 1.807) is 99.9 Å². The molecule has 0 aromatic carbocycles. The van der Waals surface area contributed by atoms with Crippen LogP contribution in [0.15, 0.2) is 199 Å². The summed E-state index contributed by atoms with van der Waals surface area (Å²) in [7, 11) is 17.6. The summed E-state index contributed by atoms with van der Waals surface area (Å²) in [5.74, 6) is 0. The number of imidazole rings is 1. The smallest absolute Gasteiger partial charge is 0.327 e. The Labute approximate surface area is 499 Å². The molecule has 0 saturated heterocycles. The summed E-state index contributed by atoms with van der Waals surface area (Å²) in [6.07, 6.45) is 21.0. The Hall–Kier alpha value is -8.78. The van der Waals surface area contributed by atoms with E-state index >= 15 is 0 Å². The molecule has 424 valence electrons. The third kappa shape index (κ3) is 13.8. The zero-order valence-corrected chi connectivity index (χ0v) is 51.7. The molecule has 0 bridgehead atoms. The molecule has 18 aromatic heterocycles. The number of hydrogen-bond donors (Lipinski definition) is 1. The van der Waals surface area contributed by atoms with Crippen molar-refractivity contribution in [1.29, 1.82) is 0 Å². The summed E-state index contributed by atoms with van der Waals surface area (Å²) in [6.45, 7) is 0. The lowest BCUT2D eigenvalue weighted by atomic mass is 10.4. The Balaban J connectivity index is 0.000000104. The van der Waals surface area contributed by atoms with E-state index in [-0.39, 0.29) is 5.69 Å². The number of aryl methyl sites for hydroxylation is 9. The fourth-order valence-corrected chi connectivity index (χ4v) is 13.3. The van der Waals surface area contributed by atoms with Crippen LogP contribution in [-0.2, 0) is 63.4 Å². The third-order valence-electron chi connectivity index (χ3n) is 12.8. The number of H-pyrrole nitrogens is 1. The topological polar surface area (TPSA) is 168 Å². The van der Waals surface area contributed by atoms with E-state index < -0.39 is 0 Å². The highest BCUT2D eigenvalue weighted by Crippen LogP contribution is 2.23. The third-order valence-corrected chi connectivity index (χ3v) is 18.2. The number of nitrogens with one attached hydrogen (secondary N) is 1. The van der Waals surface area contributed by atoms with Gasteiger partial charge in [-0.25, -0.2) is 9.78 Å². The number of nitrogens with zero attached hydrogens (tertiary/aromatic N) is 14. The van der Waals surface area contributed by atoms with Crippen LogP contribution in [0.25, 0.3) is 94.7 Å². The molecule has 0 aliphatic rings. The van der Waals surface area contributed by atoms with E-state index in [0.29, 0.717) is 5.65 Å². The molecule has 0 aliphatic heterocycles. The molecule has 24 heteroatoms. The van der Waals surface area contributed by atoms with Gasteiger partial charge in [-0.2, -0.15) is 20.4 Å². The quantitative estimate of drug-likeness (QED) is 0.156. The maximum atomic E-state index is 11.0. The second-order valence-electron chi connectivity index (χ2n) is 18.6. The van der Waals surface area contributed by atoms with Gasteiger partial charge < -0.3 is 27.1 Å². The maximum Gasteiger partial charge on any atom is 0.327 e. The van der Waals surface area contributed by atoms with Gasteiger partial charge in [0, 0.05) is 134 Å². The van der Waals surface area contributed by atoms with Crippen molar-refractivity contribution < 1.29 is 8.83 Å². The highest BCUT2D eigenvalue weighted by atomic mass is 32.1. The summed E-state index contributed by atoms with van der Waals surface area (Å²) < 4.78 is 31.4. The van der Waals surface area contributed by atoms with Crippen molar-refractivity contribution in [3.8, 4) is 0 Å². The predicted molar refractivity (Wildman–Crippen MR) is 348 cm³/mol. The van der Waals surface area contributed by atoms with E-state index in [2.05, 4.69) is 141 Å². The minimum Gasteiger partial charge on any atom is -0.463 e. The molecular weight excluding hydrogens is 1160 g/mol. The van der Waals surface area contributed by atoms with Gasteiger partial charge in [-0.05, 0) is 111 Å². The molecule has 18 nitrogen and oxygen atoms in total. The second kappa shape index (κ2) is 26.4. The summed E-state index contributed by atoms with van der Waals surface area (Å²) in [4.78, 5) is 21.3. The number of pyridine rings is 1. The van der Waals surface area contributed by atoms with E-state index in [1.165, 1.54) is 55.5 Å². The number of furan rings is 2. The van der Waals surface area contributed by atoms with Crippen molar-refractivity contribution in [2.75, 3.05) is 0 Å². The molecule has 18 heterocycles. The lowest BCUT2D eigenvalue weighted by molar-refractivity contribution is 0.584. The van der Waals surface area contributed by atoms with Crippen molar-refractivity contribution in [1.82, 2.24) is 71.9 Å². The van der Waals surface area contributed by atoms with Crippen LogP contribution in [0.2, 0.25) is 0 Å². The summed E-state index contributed by atoms with van der Waals surface area (Å²) in [6, 6.07) is 28.3. The standard InChI is InChI=1S/C7H7N3O.2C7H7NO.2C7H7NS.4C6H6N2S/c1-10-5-3-2-4-8-6(5)9-7(10)11;1-8-4-2-7-6(8)3-5-9-7;1-8-4-2-6-3-5-9-7(6)8;1-8-4-2-7-6(8)3-5-9-7;1-8-4-2-6-3-5-9-7(6)8;1-8-4-6-5(7-8)2-3-9-6;1-8-5-2-3-9-6(5)4-7-8;1-8-4-5-2-3-9-6(5)7-8;1-8-6-5(4-7-8)2-3-9-6/h2-4H,1H3,(H,8,9,11);4*2-5H,1H3;4*2-4H,1H3. The van der Waals surface area contributed by atoms with Crippen LogP contribution in [0, 0.1) is 0 Å². The number of aromatic amines is 1. The Bertz CT molecular complexity index is 4320. The Kier molecular flexibility index (Phi) is 18.3. The van der Waals surface area contributed by atoms with Crippen molar-refractivity contribution in [3.63, 3.8) is 0 Å². The van der Waals surface area contributed by atoms with Crippen molar-refractivity contribution in [2.45, 2.75) is 0 Å². The lowest BCUT2D eigenvalue weighted by Crippen LogP contribution is -2.11. The highest BCUT2D eigenvalue weighted by Gasteiger charge is 2.03. The summed E-state index contributed by atoms with van der Waals surface area (Å²) in [5, 5.41) is 34.1. The fourth-order valence-electron chi connectivity index (χ4n) is 8.49.